The number of rotatable bonds is 4. The first-order chi connectivity index (χ1) is 13.2. The van der Waals surface area contributed by atoms with E-state index in [1.165, 1.54) is 31.5 Å². The van der Waals surface area contributed by atoms with Gasteiger partial charge in [-0.3, -0.25) is 9.80 Å². The molecule has 4 saturated heterocycles. The van der Waals surface area contributed by atoms with E-state index in [1.807, 2.05) is 24.5 Å². The van der Waals surface area contributed by atoms with Crippen LogP contribution < -0.4 is 4.74 Å². The largest absolute Gasteiger partial charge is 0.508 e. The van der Waals surface area contributed by atoms with Gasteiger partial charge in [0.15, 0.2) is 0 Å². The second-order valence-electron chi connectivity index (χ2n) is 8.06. The van der Waals surface area contributed by atoms with Crippen molar-refractivity contribution in [3.63, 3.8) is 0 Å². The number of benzene rings is 1. The molecule has 0 saturated carbocycles. The fourth-order valence-corrected chi connectivity index (χ4v) is 5.54. The Balaban J connectivity index is 1.45. The molecule has 142 valence electrons. The number of likely N-dealkylation sites (tertiary alicyclic amines) is 1. The monoisotopic (exact) mass is 366 g/mol. The molecule has 2 aromatic rings. The quantitative estimate of drug-likeness (QED) is 0.896. The third-order valence-electron chi connectivity index (χ3n) is 6.64. The summed E-state index contributed by atoms with van der Waals surface area (Å²) < 4.78 is 5.09. The van der Waals surface area contributed by atoms with Gasteiger partial charge in [0.05, 0.1) is 7.11 Å². The van der Waals surface area contributed by atoms with E-state index in [-0.39, 0.29) is 0 Å². The van der Waals surface area contributed by atoms with Crippen molar-refractivity contribution in [3.8, 4) is 11.8 Å². The highest BCUT2D eigenvalue weighted by atomic mass is 16.5. The van der Waals surface area contributed by atoms with Gasteiger partial charge < -0.3 is 9.84 Å². The molecular formula is C21H26N4O2. The number of phenols is 1. The van der Waals surface area contributed by atoms with Gasteiger partial charge in [-0.15, -0.1) is 0 Å². The third-order valence-corrected chi connectivity index (χ3v) is 6.64. The highest BCUT2D eigenvalue weighted by molar-refractivity contribution is 5.33. The number of ether oxygens (including phenoxy) is 1. The van der Waals surface area contributed by atoms with E-state index in [0.717, 1.165) is 24.6 Å². The number of hydrogen-bond acceptors (Lipinski definition) is 6. The van der Waals surface area contributed by atoms with Crippen LogP contribution in [0.15, 0.2) is 36.7 Å². The Labute approximate surface area is 159 Å². The van der Waals surface area contributed by atoms with Crippen LogP contribution in [-0.4, -0.2) is 63.7 Å². The van der Waals surface area contributed by atoms with Crippen LogP contribution in [0.4, 0.5) is 0 Å². The maximum absolute atomic E-state index is 10.00. The Morgan fingerprint density at radius 2 is 1.93 bits per heavy atom. The van der Waals surface area contributed by atoms with Crippen molar-refractivity contribution < 1.29 is 9.84 Å². The van der Waals surface area contributed by atoms with Crippen molar-refractivity contribution >= 4 is 0 Å². The molecule has 2 bridgehead atoms. The average Bonchev–Trinajstić information content (AvgIpc) is 3.11. The van der Waals surface area contributed by atoms with Crippen LogP contribution >= 0.6 is 0 Å². The molecule has 4 aliphatic rings. The molecule has 5 heterocycles. The smallest absolute Gasteiger partial charge is 0.316 e. The zero-order valence-electron chi connectivity index (χ0n) is 15.7. The number of methoxy groups -OCH3 is 1. The Kier molecular flexibility index (Phi) is 4.25. The predicted molar refractivity (Wildman–Crippen MR) is 102 cm³/mol. The lowest BCUT2D eigenvalue weighted by Gasteiger charge is -2.51. The molecule has 6 heteroatoms. The molecule has 27 heavy (non-hydrogen) atoms. The Morgan fingerprint density at radius 1 is 1.15 bits per heavy atom. The summed E-state index contributed by atoms with van der Waals surface area (Å²) in [4.78, 5) is 13.9. The lowest BCUT2D eigenvalue weighted by Crippen LogP contribution is -2.59. The molecule has 3 unspecified atom stereocenters. The second-order valence-corrected chi connectivity index (χ2v) is 8.06. The molecular weight excluding hydrogens is 340 g/mol. The van der Waals surface area contributed by atoms with Crippen molar-refractivity contribution in [3.05, 3.63) is 47.8 Å². The van der Waals surface area contributed by atoms with E-state index in [4.69, 9.17) is 4.74 Å². The topological polar surface area (TPSA) is 61.7 Å². The van der Waals surface area contributed by atoms with Gasteiger partial charge in [-0.2, -0.15) is 0 Å². The molecule has 1 N–H and O–H groups in total. The Morgan fingerprint density at radius 3 is 2.63 bits per heavy atom. The summed E-state index contributed by atoms with van der Waals surface area (Å²) in [6.07, 6.45) is 6.35. The van der Waals surface area contributed by atoms with Crippen LogP contribution in [0.25, 0.3) is 0 Å². The minimum absolute atomic E-state index is 0.363. The van der Waals surface area contributed by atoms with Gasteiger partial charge in [0, 0.05) is 49.0 Å². The summed E-state index contributed by atoms with van der Waals surface area (Å²) in [6.45, 7) is 4.30. The van der Waals surface area contributed by atoms with Gasteiger partial charge in [0.2, 0.25) is 0 Å². The SMILES string of the molecule is COc1ncc(CN2CC(c3cccc(O)c3)C3C2C2CCN3CC2)cn1. The molecule has 6 rings (SSSR count). The summed E-state index contributed by atoms with van der Waals surface area (Å²) >= 11 is 0. The number of fused-ring (bicyclic) bond motifs is 2. The summed E-state index contributed by atoms with van der Waals surface area (Å²) in [5.74, 6) is 1.56. The highest BCUT2D eigenvalue weighted by Crippen LogP contribution is 2.47. The maximum Gasteiger partial charge on any atom is 0.316 e. The van der Waals surface area contributed by atoms with Crippen molar-refractivity contribution in [1.29, 1.82) is 0 Å². The average molecular weight is 366 g/mol. The molecule has 0 amide bonds. The van der Waals surface area contributed by atoms with Crippen molar-refractivity contribution in [2.45, 2.75) is 37.4 Å². The molecule has 3 atom stereocenters. The van der Waals surface area contributed by atoms with E-state index in [0.29, 0.717) is 29.8 Å². The van der Waals surface area contributed by atoms with E-state index >= 15 is 0 Å². The Bertz CT molecular complexity index is 804. The first kappa shape index (κ1) is 17.0. The van der Waals surface area contributed by atoms with Gasteiger partial charge in [-0.05, 0) is 49.5 Å². The second kappa shape index (κ2) is 6.77. The standard InChI is InChI=1S/C21H26N4O2/c1-27-21-22-10-14(11-23-21)12-25-13-18(16-3-2-4-17(26)9-16)20-19(25)15-5-7-24(20)8-6-15/h2-4,9-11,15,18-20,26H,5-8,12-13H2,1H3. The predicted octanol–water partition coefficient (Wildman–Crippen LogP) is 2.25. The molecule has 0 aliphatic carbocycles. The summed E-state index contributed by atoms with van der Waals surface area (Å²) in [5, 5.41) is 10.00. The minimum Gasteiger partial charge on any atom is -0.508 e. The van der Waals surface area contributed by atoms with Gasteiger partial charge in [0.1, 0.15) is 5.75 Å². The van der Waals surface area contributed by atoms with Crippen LogP contribution in [0.5, 0.6) is 11.8 Å². The van der Waals surface area contributed by atoms with Crippen LogP contribution in [0.3, 0.4) is 0 Å². The molecule has 0 spiro atoms. The first-order valence-corrected chi connectivity index (χ1v) is 9.85. The molecule has 0 radical (unpaired) electrons. The van der Waals surface area contributed by atoms with Crippen molar-refractivity contribution in [1.82, 2.24) is 19.8 Å². The minimum atomic E-state index is 0.363. The van der Waals surface area contributed by atoms with Crippen molar-refractivity contribution in [2.75, 3.05) is 26.7 Å². The van der Waals surface area contributed by atoms with Gasteiger partial charge >= 0.3 is 6.01 Å². The molecule has 4 fully saturated rings. The molecule has 1 aromatic heterocycles. The zero-order chi connectivity index (χ0) is 18.4. The summed E-state index contributed by atoms with van der Waals surface area (Å²) in [6, 6.07) is 9.38. The normalized spacial score (nSPS) is 32.4. The number of aromatic hydroxyl groups is 1. The van der Waals surface area contributed by atoms with Gasteiger partial charge in [-0.1, -0.05) is 12.1 Å². The van der Waals surface area contributed by atoms with E-state index in [9.17, 15) is 5.11 Å². The van der Waals surface area contributed by atoms with E-state index < -0.39 is 0 Å². The fraction of sp³-hybridized carbons (Fsp3) is 0.524. The van der Waals surface area contributed by atoms with E-state index in [1.54, 1.807) is 13.2 Å². The highest BCUT2D eigenvalue weighted by Gasteiger charge is 2.53. The zero-order valence-corrected chi connectivity index (χ0v) is 15.7. The molecule has 1 aromatic carbocycles. The number of nitrogens with zero attached hydrogens (tertiary/aromatic N) is 4. The third kappa shape index (κ3) is 2.97. The molecule has 6 nitrogen and oxygen atoms in total. The van der Waals surface area contributed by atoms with Crippen molar-refractivity contribution in [2.24, 2.45) is 5.92 Å². The number of phenolic OH excluding ortho intramolecular Hbond substituents is 1. The lowest BCUT2D eigenvalue weighted by molar-refractivity contribution is -0.00875. The van der Waals surface area contributed by atoms with E-state index in [2.05, 4.69) is 25.8 Å². The van der Waals surface area contributed by atoms with Gasteiger partial charge in [-0.25, -0.2) is 9.97 Å². The number of piperidine rings is 3. The van der Waals surface area contributed by atoms with Crippen LogP contribution in [0.1, 0.15) is 29.9 Å². The summed E-state index contributed by atoms with van der Waals surface area (Å²) in [7, 11) is 1.59. The first-order valence-electron chi connectivity index (χ1n) is 9.85. The van der Waals surface area contributed by atoms with Gasteiger partial charge in [0.25, 0.3) is 0 Å². The maximum atomic E-state index is 10.00. The molecule has 4 aliphatic heterocycles. The fourth-order valence-electron chi connectivity index (χ4n) is 5.54. The summed E-state index contributed by atoms with van der Waals surface area (Å²) in [5.41, 5.74) is 2.38. The Hall–Kier alpha value is -2.18. The van der Waals surface area contributed by atoms with Crippen LogP contribution in [0, 0.1) is 5.92 Å². The van der Waals surface area contributed by atoms with Crippen LogP contribution in [0.2, 0.25) is 0 Å². The number of aromatic nitrogens is 2. The van der Waals surface area contributed by atoms with Crippen LogP contribution in [-0.2, 0) is 6.54 Å². The lowest BCUT2D eigenvalue weighted by atomic mass is 9.75. The number of hydrogen-bond donors (Lipinski definition) is 1.